The minimum atomic E-state index is -0.0349. The van der Waals surface area contributed by atoms with Crippen molar-refractivity contribution in [2.24, 2.45) is 0 Å². The van der Waals surface area contributed by atoms with E-state index in [-0.39, 0.29) is 11.3 Å². The van der Waals surface area contributed by atoms with Crippen LogP contribution >= 0.6 is 0 Å². The molecule has 124 valence electrons. The Labute approximate surface area is 139 Å². The molecular formula is C19H27N3O. The quantitative estimate of drug-likeness (QED) is 0.857. The number of hydrogen-bond donors (Lipinski definition) is 0. The van der Waals surface area contributed by atoms with Crippen LogP contribution in [-0.2, 0) is 12.0 Å². The molecule has 0 aliphatic heterocycles. The van der Waals surface area contributed by atoms with Crippen LogP contribution in [0.1, 0.15) is 50.7 Å². The average molecular weight is 313 g/mol. The predicted molar refractivity (Wildman–Crippen MR) is 94.7 cm³/mol. The van der Waals surface area contributed by atoms with Gasteiger partial charge < -0.3 is 4.90 Å². The van der Waals surface area contributed by atoms with Gasteiger partial charge in [-0.3, -0.25) is 9.48 Å². The van der Waals surface area contributed by atoms with Crippen molar-refractivity contribution in [1.29, 1.82) is 0 Å². The molecule has 4 heteroatoms. The number of carbonyl (C=O) groups is 1. The zero-order chi connectivity index (χ0) is 17.2. The number of hydrogen-bond acceptors (Lipinski definition) is 2. The average Bonchev–Trinajstić information content (AvgIpc) is 2.97. The van der Waals surface area contributed by atoms with E-state index in [4.69, 9.17) is 0 Å². The summed E-state index contributed by atoms with van der Waals surface area (Å²) < 4.78 is 1.89. The van der Waals surface area contributed by atoms with Crippen LogP contribution in [0.2, 0.25) is 0 Å². The minimum Gasteiger partial charge on any atom is -0.341 e. The second-order valence-electron chi connectivity index (χ2n) is 6.88. The van der Waals surface area contributed by atoms with Crippen LogP contribution in [0.3, 0.4) is 0 Å². The van der Waals surface area contributed by atoms with Gasteiger partial charge in [-0.05, 0) is 36.5 Å². The second kappa shape index (κ2) is 6.57. The van der Waals surface area contributed by atoms with E-state index in [2.05, 4.69) is 50.1 Å². The predicted octanol–water partition coefficient (Wildman–Crippen LogP) is 3.96. The van der Waals surface area contributed by atoms with Gasteiger partial charge in [0.05, 0.1) is 5.69 Å². The number of aromatic nitrogens is 2. The summed E-state index contributed by atoms with van der Waals surface area (Å²) in [4.78, 5) is 14.0. The zero-order valence-electron chi connectivity index (χ0n) is 15.1. The SMILES string of the molecule is CCN(C)C(=O)c1cc(-c2ccc(C(C)(C)C)cc2)n(CC)n1. The summed E-state index contributed by atoms with van der Waals surface area (Å²) in [5.74, 6) is -0.0349. The van der Waals surface area contributed by atoms with Crippen LogP contribution in [0.25, 0.3) is 11.3 Å². The summed E-state index contributed by atoms with van der Waals surface area (Å²) in [6.45, 7) is 12.0. The Morgan fingerprint density at radius 2 is 1.78 bits per heavy atom. The van der Waals surface area contributed by atoms with Crippen LogP contribution in [0.4, 0.5) is 0 Å². The van der Waals surface area contributed by atoms with Gasteiger partial charge in [-0.1, -0.05) is 45.0 Å². The summed E-state index contributed by atoms with van der Waals surface area (Å²) in [6, 6.07) is 10.4. The number of benzene rings is 1. The summed E-state index contributed by atoms with van der Waals surface area (Å²) in [5, 5.41) is 4.47. The standard InChI is InChI=1S/C19H27N3O/c1-7-21(6)18(23)16-13-17(22(8-2)20-16)14-9-11-15(12-10-14)19(3,4)5/h9-13H,7-8H2,1-6H3. The third-order valence-electron chi connectivity index (χ3n) is 4.17. The van der Waals surface area contributed by atoms with Crippen molar-refractivity contribution in [2.45, 2.75) is 46.6 Å². The minimum absolute atomic E-state index is 0.0349. The number of aryl methyl sites for hydroxylation is 1. The fraction of sp³-hybridized carbons (Fsp3) is 0.474. The normalized spacial score (nSPS) is 11.6. The lowest BCUT2D eigenvalue weighted by Crippen LogP contribution is -2.26. The van der Waals surface area contributed by atoms with Gasteiger partial charge in [-0.15, -0.1) is 0 Å². The van der Waals surface area contributed by atoms with E-state index in [1.54, 1.807) is 11.9 Å². The maximum absolute atomic E-state index is 12.3. The lowest BCUT2D eigenvalue weighted by atomic mass is 9.86. The molecule has 0 radical (unpaired) electrons. The van der Waals surface area contributed by atoms with E-state index >= 15 is 0 Å². The topological polar surface area (TPSA) is 38.1 Å². The first-order chi connectivity index (χ1) is 10.8. The zero-order valence-corrected chi connectivity index (χ0v) is 15.1. The highest BCUT2D eigenvalue weighted by Gasteiger charge is 2.18. The van der Waals surface area contributed by atoms with Crippen LogP contribution in [0.15, 0.2) is 30.3 Å². The highest BCUT2D eigenvalue weighted by molar-refractivity contribution is 5.93. The van der Waals surface area contributed by atoms with E-state index in [0.29, 0.717) is 12.2 Å². The van der Waals surface area contributed by atoms with Gasteiger partial charge in [-0.25, -0.2) is 0 Å². The molecule has 0 aliphatic carbocycles. The summed E-state index contributed by atoms with van der Waals surface area (Å²) >= 11 is 0. The van der Waals surface area contributed by atoms with Crippen molar-refractivity contribution in [1.82, 2.24) is 14.7 Å². The van der Waals surface area contributed by atoms with Gasteiger partial charge in [-0.2, -0.15) is 5.10 Å². The molecule has 0 bridgehead atoms. The van der Waals surface area contributed by atoms with E-state index < -0.39 is 0 Å². The van der Waals surface area contributed by atoms with Gasteiger partial charge in [0.1, 0.15) is 0 Å². The van der Waals surface area contributed by atoms with E-state index in [1.165, 1.54) is 5.56 Å². The first-order valence-corrected chi connectivity index (χ1v) is 8.22. The molecule has 0 saturated carbocycles. The first-order valence-electron chi connectivity index (χ1n) is 8.22. The lowest BCUT2D eigenvalue weighted by Gasteiger charge is -2.19. The van der Waals surface area contributed by atoms with Crippen molar-refractivity contribution < 1.29 is 4.79 Å². The highest BCUT2D eigenvalue weighted by Crippen LogP contribution is 2.27. The van der Waals surface area contributed by atoms with Crippen LogP contribution in [-0.4, -0.2) is 34.2 Å². The van der Waals surface area contributed by atoms with Gasteiger partial charge in [0.2, 0.25) is 0 Å². The van der Waals surface area contributed by atoms with Gasteiger partial charge in [0, 0.05) is 20.1 Å². The number of carbonyl (C=O) groups excluding carboxylic acids is 1. The summed E-state index contributed by atoms with van der Waals surface area (Å²) in [7, 11) is 1.80. The van der Waals surface area contributed by atoms with Crippen molar-refractivity contribution >= 4 is 5.91 Å². The smallest absolute Gasteiger partial charge is 0.274 e. The van der Waals surface area contributed by atoms with Crippen LogP contribution in [0.5, 0.6) is 0 Å². The Morgan fingerprint density at radius 1 is 1.17 bits per heavy atom. The van der Waals surface area contributed by atoms with Crippen LogP contribution in [0, 0.1) is 0 Å². The fourth-order valence-electron chi connectivity index (χ4n) is 2.47. The Hall–Kier alpha value is -2.10. The molecule has 1 amide bonds. The number of nitrogens with zero attached hydrogens (tertiary/aromatic N) is 3. The Morgan fingerprint density at radius 3 is 2.26 bits per heavy atom. The first kappa shape index (κ1) is 17.3. The van der Waals surface area contributed by atoms with Crippen molar-refractivity contribution in [3.8, 4) is 11.3 Å². The highest BCUT2D eigenvalue weighted by atomic mass is 16.2. The number of rotatable bonds is 4. The molecule has 0 aliphatic rings. The largest absolute Gasteiger partial charge is 0.341 e. The van der Waals surface area contributed by atoms with E-state index in [9.17, 15) is 4.79 Å². The Balaban J connectivity index is 2.39. The molecule has 0 fully saturated rings. The van der Waals surface area contributed by atoms with E-state index in [1.807, 2.05) is 24.6 Å². The molecule has 2 rings (SSSR count). The molecule has 0 atom stereocenters. The maximum atomic E-state index is 12.3. The summed E-state index contributed by atoms with van der Waals surface area (Å²) in [6.07, 6.45) is 0. The molecule has 0 N–H and O–H groups in total. The van der Waals surface area contributed by atoms with Gasteiger partial charge >= 0.3 is 0 Å². The van der Waals surface area contributed by atoms with Crippen LogP contribution < -0.4 is 0 Å². The second-order valence-corrected chi connectivity index (χ2v) is 6.88. The number of amides is 1. The molecular weight excluding hydrogens is 286 g/mol. The van der Waals surface area contributed by atoms with Crippen molar-refractivity contribution in [2.75, 3.05) is 13.6 Å². The molecule has 1 aromatic heterocycles. The lowest BCUT2D eigenvalue weighted by molar-refractivity contribution is 0.0795. The molecule has 1 heterocycles. The molecule has 1 aromatic carbocycles. The van der Waals surface area contributed by atoms with Crippen molar-refractivity contribution in [3.05, 3.63) is 41.6 Å². The van der Waals surface area contributed by atoms with Gasteiger partial charge in [0.15, 0.2) is 5.69 Å². The maximum Gasteiger partial charge on any atom is 0.274 e. The monoisotopic (exact) mass is 313 g/mol. The van der Waals surface area contributed by atoms with E-state index in [0.717, 1.165) is 17.8 Å². The molecule has 0 spiro atoms. The van der Waals surface area contributed by atoms with Crippen molar-refractivity contribution in [3.63, 3.8) is 0 Å². The third kappa shape index (κ3) is 3.63. The molecule has 0 unspecified atom stereocenters. The van der Waals surface area contributed by atoms with Gasteiger partial charge in [0.25, 0.3) is 5.91 Å². The Bertz CT molecular complexity index is 678. The molecule has 23 heavy (non-hydrogen) atoms. The molecule has 4 nitrogen and oxygen atoms in total. The Kier molecular flexibility index (Phi) is 4.93. The molecule has 0 saturated heterocycles. The fourth-order valence-corrected chi connectivity index (χ4v) is 2.47. The third-order valence-corrected chi connectivity index (χ3v) is 4.17. The summed E-state index contributed by atoms with van der Waals surface area (Å²) in [5.41, 5.74) is 4.01. The molecule has 2 aromatic rings.